The number of hydrogen-bond acceptors (Lipinski definition) is 3. The van der Waals surface area contributed by atoms with Crippen molar-refractivity contribution in [1.29, 1.82) is 5.26 Å². The Morgan fingerprint density at radius 2 is 2.19 bits per heavy atom. The first kappa shape index (κ1) is 12.5. The molecule has 3 heteroatoms. The molecule has 0 aliphatic rings. The van der Waals surface area contributed by atoms with Crippen LogP contribution in [0.5, 0.6) is 0 Å². The van der Waals surface area contributed by atoms with Gasteiger partial charge in [0, 0.05) is 19.3 Å². The van der Waals surface area contributed by atoms with Crippen molar-refractivity contribution in [3.8, 4) is 6.07 Å². The highest BCUT2D eigenvalue weighted by molar-refractivity contribution is 5.57. The van der Waals surface area contributed by atoms with Crippen molar-refractivity contribution in [2.24, 2.45) is 5.92 Å². The maximum atomic E-state index is 9.16. The molecule has 1 aromatic rings. The van der Waals surface area contributed by atoms with E-state index in [1.54, 1.807) is 6.20 Å². The van der Waals surface area contributed by atoms with Crippen molar-refractivity contribution in [1.82, 2.24) is 4.98 Å². The molecule has 0 amide bonds. The zero-order chi connectivity index (χ0) is 12.1. The highest BCUT2D eigenvalue weighted by atomic mass is 15.2. The van der Waals surface area contributed by atoms with Crippen molar-refractivity contribution in [2.75, 3.05) is 18.0 Å². The predicted octanol–water partition coefficient (Wildman–Crippen LogP) is 2.74. The fourth-order valence-electron chi connectivity index (χ4n) is 1.73. The summed E-state index contributed by atoms with van der Waals surface area (Å²) >= 11 is 0. The molecule has 0 aliphatic heterocycles. The number of rotatable bonds is 4. The molecule has 0 aliphatic carbocycles. The summed E-state index contributed by atoms with van der Waals surface area (Å²) in [5.41, 5.74) is 1.69. The Morgan fingerprint density at radius 1 is 1.50 bits per heavy atom. The molecule has 0 aromatic carbocycles. The maximum Gasteiger partial charge on any atom is 0.146 e. The van der Waals surface area contributed by atoms with Gasteiger partial charge in [0.25, 0.3) is 0 Å². The van der Waals surface area contributed by atoms with Crippen molar-refractivity contribution < 1.29 is 0 Å². The Bertz CT molecular complexity index is 391. The minimum atomic E-state index is 0.564. The van der Waals surface area contributed by atoms with Crippen LogP contribution in [0, 0.1) is 24.2 Å². The van der Waals surface area contributed by atoms with Gasteiger partial charge >= 0.3 is 0 Å². The number of nitriles is 1. The van der Waals surface area contributed by atoms with Gasteiger partial charge in [0.1, 0.15) is 11.9 Å². The van der Waals surface area contributed by atoms with E-state index in [-0.39, 0.29) is 0 Å². The summed E-state index contributed by atoms with van der Waals surface area (Å²) in [4.78, 5) is 6.50. The van der Waals surface area contributed by atoms with Gasteiger partial charge in [0.2, 0.25) is 0 Å². The molecule has 1 heterocycles. The summed E-state index contributed by atoms with van der Waals surface area (Å²) in [6.07, 6.45) is 1.77. The van der Waals surface area contributed by atoms with E-state index in [9.17, 15) is 0 Å². The third-order valence-corrected chi connectivity index (χ3v) is 2.52. The van der Waals surface area contributed by atoms with E-state index in [1.807, 2.05) is 13.0 Å². The van der Waals surface area contributed by atoms with E-state index in [0.717, 1.165) is 24.5 Å². The van der Waals surface area contributed by atoms with Crippen LogP contribution in [0.4, 0.5) is 5.82 Å². The van der Waals surface area contributed by atoms with Crippen molar-refractivity contribution in [3.05, 3.63) is 23.4 Å². The third kappa shape index (κ3) is 2.73. The van der Waals surface area contributed by atoms with Crippen LogP contribution >= 0.6 is 0 Å². The lowest BCUT2D eigenvalue weighted by molar-refractivity contribution is 0.614. The fourth-order valence-corrected chi connectivity index (χ4v) is 1.73. The molecule has 16 heavy (non-hydrogen) atoms. The molecule has 0 fully saturated rings. The molecular formula is C13H19N3. The third-order valence-electron chi connectivity index (χ3n) is 2.52. The quantitative estimate of drug-likeness (QED) is 0.778. The Labute approximate surface area is 97.7 Å². The fraction of sp³-hybridized carbons (Fsp3) is 0.538. The van der Waals surface area contributed by atoms with Crippen LogP contribution in [0.25, 0.3) is 0 Å². The maximum absolute atomic E-state index is 9.16. The second kappa shape index (κ2) is 5.50. The van der Waals surface area contributed by atoms with Gasteiger partial charge in [0.15, 0.2) is 0 Å². The van der Waals surface area contributed by atoms with E-state index in [4.69, 9.17) is 5.26 Å². The molecule has 0 bridgehead atoms. The largest absolute Gasteiger partial charge is 0.356 e. The Morgan fingerprint density at radius 3 is 2.69 bits per heavy atom. The first-order valence-electron chi connectivity index (χ1n) is 5.70. The SMILES string of the molecule is CCN(CC(C)C)c1nccc(C)c1C#N. The monoisotopic (exact) mass is 217 g/mol. The smallest absolute Gasteiger partial charge is 0.146 e. The van der Waals surface area contributed by atoms with Gasteiger partial charge in [-0.1, -0.05) is 13.8 Å². The Kier molecular flexibility index (Phi) is 4.30. The molecule has 0 spiro atoms. The van der Waals surface area contributed by atoms with Gasteiger partial charge in [-0.25, -0.2) is 4.98 Å². The van der Waals surface area contributed by atoms with Crippen LogP contribution in [-0.2, 0) is 0 Å². The van der Waals surface area contributed by atoms with Crippen molar-refractivity contribution in [2.45, 2.75) is 27.7 Å². The molecule has 1 rings (SSSR count). The molecule has 86 valence electrons. The molecule has 0 saturated carbocycles. The average Bonchev–Trinajstić information content (AvgIpc) is 2.25. The molecule has 0 N–H and O–H groups in total. The van der Waals surface area contributed by atoms with E-state index in [0.29, 0.717) is 11.5 Å². The second-order valence-corrected chi connectivity index (χ2v) is 4.37. The van der Waals surface area contributed by atoms with Crippen molar-refractivity contribution in [3.63, 3.8) is 0 Å². The van der Waals surface area contributed by atoms with Crippen LogP contribution < -0.4 is 4.90 Å². The molecule has 0 saturated heterocycles. The van der Waals surface area contributed by atoms with Crippen LogP contribution in [0.1, 0.15) is 31.9 Å². The molecule has 3 nitrogen and oxygen atoms in total. The number of pyridine rings is 1. The lowest BCUT2D eigenvalue weighted by Crippen LogP contribution is -2.29. The predicted molar refractivity (Wildman–Crippen MR) is 66.4 cm³/mol. The standard InChI is InChI=1S/C13H19N3/c1-5-16(9-10(2)3)13-12(8-14)11(4)6-7-15-13/h6-7,10H,5,9H2,1-4H3. The van der Waals surface area contributed by atoms with E-state index >= 15 is 0 Å². The van der Waals surface area contributed by atoms with Gasteiger partial charge in [-0.2, -0.15) is 5.26 Å². The summed E-state index contributed by atoms with van der Waals surface area (Å²) in [7, 11) is 0. The Hall–Kier alpha value is -1.56. The summed E-state index contributed by atoms with van der Waals surface area (Å²) < 4.78 is 0. The second-order valence-electron chi connectivity index (χ2n) is 4.37. The van der Waals surface area contributed by atoms with Crippen molar-refractivity contribution >= 4 is 5.82 Å². The normalized spacial score (nSPS) is 10.2. The number of aryl methyl sites for hydroxylation is 1. The van der Waals surface area contributed by atoms with Crippen LogP contribution in [-0.4, -0.2) is 18.1 Å². The van der Waals surface area contributed by atoms with Crippen LogP contribution in [0.15, 0.2) is 12.3 Å². The average molecular weight is 217 g/mol. The summed E-state index contributed by atoms with van der Waals surface area (Å²) in [5.74, 6) is 1.38. The molecule has 0 unspecified atom stereocenters. The first-order chi connectivity index (χ1) is 7.60. The molecule has 0 atom stereocenters. The highest BCUT2D eigenvalue weighted by Crippen LogP contribution is 2.20. The lowest BCUT2D eigenvalue weighted by Gasteiger charge is -2.25. The van der Waals surface area contributed by atoms with E-state index in [2.05, 4.69) is 36.7 Å². The van der Waals surface area contributed by atoms with Gasteiger partial charge < -0.3 is 4.90 Å². The van der Waals surface area contributed by atoms with Gasteiger partial charge in [-0.15, -0.1) is 0 Å². The molecule has 1 aromatic heterocycles. The summed E-state index contributed by atoms with van der Waals surface area (Å²) in [6, 6.07) is 4.13. The zero-order valence-corrected chi connectivity index (χ0v) is 10.5. The summed E-state index contributed by atoms with van der Waals surface area (Å²) in [5, 5.41) is 9.16. The summed E-state index contributed by atoms with van der Waals surface area (Å²) in [6.45, 7) is 10.2. The lowest BCUT2D eigenvalue weighted by atomic mass is 10.1. The van der Waals surface area contributed by atoms with E-state index < -0.39 is 0 Å². The number of hydrogen-bond donors (Lipinski definition) is 0. The molecule has 0 radical (unpaired) electrons. The Balaban J connectivity index is 3.10. The topological polar surface area (TPSA) is 39.9 Å². The number of aromatic nitrogens is 1. The van der Waals surface area contributed by atoms with Gasteiger partial charge in [-0.3, -0.25) is 0 Å². The minimum absolute atomic E-state index is 0.564. The van der Waals surface area contributed by atoms with Crippen LogP contribution in [0.3, 0.4) is 0 Å². The highest BCUT2D eigenvalue weighted by Gasteiger charge is 2.13. The number of anilines is 1. The zero-order valence-electron chi connectivity index (χ0n) is 10.5. The van der Waals surface area contributed by atoms with Gasteiger partial charge in [-0.05, 0) is 31.4 Å². The minimum Gasteiger partial charge on any atom is -0.356 e. The molecular weight excluding hydrogens is 198 g/mol. The first-order valence-corrected chi connectivity index (χ1v) is 5.70. The van der Waals surface area contributed by atoms with E-state index in [1.165, 1.54) is 0 Å². The van der Waals surface area contributed by atoms with Crippen LogP contribution in [0.2, 0.25) is 0 Å². The number of nitrogens with zero attached hydrogens (tertiary/aromatic N) is 3. The van der Waals surface area contributed by atoms with Gasteiger partial charge in [0.05, 0.1) is 5.56 Å².